The van der Waals surface area contributed by atoms with Crippen LogP contribution in [0, 0.1) is 5.92 Å². The Morgan fingerprint density at radius 2 is 0.447 bits per heavy atom. The van der Waals surface area contributed by atoms with Crippen molar-refractivity contribution in [2.24, 2.45) is 5.92 Å². The van der Waals surface area contributed by atoms with Gasteiger partial charge in [0.2, 0.25) is 0 Å². The van der Waals surface area contributed by atoms with Crippen LogP contribution >= 0.6 is 15.6 Å². The van der Waals surface area contributed by atoms with Crippen molar-refractivity contribution in [2.75, 3.05) is 39.6 Å². The standard InChI is InChI=1S/C84H164O17P2/c1-6-9-12-15-18-21-24-27-30-31-32-33-34-35-36-39-42-45-48-55-60-65-70-83(88)100-79(73-94-81(86)67-62-57-52-46-43-40-37-28-25-22-19-16-13-10-7-2)75-98-102(90,91)96-71-78(85)72-97-103(92,93)99-76-80(74-95-82(87)68-63-58-53-50-49-51-56-61-66-77(4)5)101-84(89)69-64-59-54-47-44-41-38-29-26-23-20-17-14-11-8-3/h77-80,85H,6-76H2,1-5H3,(H,90,91)(H,92,93)/t78-,79-,80-/m1/s1. The maximum absolute atomic E-state index is 13.1. The van der Waals surface area contributed by atoms with Crippen LogP contribution in [0.3, 0.4) is 0 Å². The molecular weight excluding hydrogens is 1340 g/mol. The van der Waals surface area contributed by atoms with Crippen LogP contribution in [-0.2, 0) is 65.4 Å². The molecule has 612 valence electrons. The normalized spacial score (nSPS) is 13.8. The van der Waals surface area contributed by atoms with E-state index in [-0.39, 0.29) is 25.7 Å². The summed E-state index contributed by atoms with van der Waals surface area (Å²) in [6.45, 7) is 7.32. The first-order valence-electron chi connectivity index (χ1n) is 43.6. The van der Waals surface area contributed by atoms with Crippen LogP contribution in [0.1, 0.15) is 452 Å². The Bertz CT molecular complexity index is 1960. The summed E-state index contributed by atoms with van der Waals surface area (Å²) in [7, 11) is -9.92. The van der Waals surface area contributed by atoms with Gasteiger partial charge in [-0.1, -0.05) is 401 Å². The summed E-state index contributed by atoms with van der Waals surface area (Å²) >= 11 is 0. The Labute approximate surface area is 632 Å². The molecule has 103 heavy (non-hydrogen) atoms. The zero-order valence-electron chi connectivity index (χ0n) is 67.5. The minimum Gasteiger partial charge on any atom is -0.462 e. The lowest BCUT2D eigenvalue weighted by molar-refractivity contribution is -0.161. The summed E-state index contributed by atoms with van der Waals surface area (Å²) in [5.41, 5.74) is 0. The third-order valence-electron chi connectivity index (χ3n) is 19.8. The minimum absolute atomic E-state index is 0.108. The molecule has 17 nitrogen and oxygen atoms in total. The molecule has 0 bridgehead atoms. The molecule has 0 fully saturated rings. The van der Waals surface area contributed by atoms with E-state index in [1.54, 1.807) is 0 Å². The van der Waals surface area contributed by atoms with Crippen molar-refractivity contribution in [3.63, 3.8) is 0 Å². The molecule has 2 unspecified atom stereocenters. The van der Waals surface area contributed by atoms with Gasteiger partial charge in [0.25, 0.3) is 0 Å². The molecule has 0 radical (unpaired) electrons. The average Bonchev–Trinajstić information content (AvgIpc) is 0.929. The monoisotopic (exact) mass is 1510 g/mol. The molecule has 0 aromatic carbocycles. The van der Waals surface area contributed by atoms with Gasteiger partial charge in [-0.15, -0.1) is 0 Å². The van der Waals surface area contributed by atoms with Crippen LogP contribution in [0.5, 0.6) is 0 Å². The highest BCUT2D eigenvalue weighted by molar-refractivity contribution is 7.47. The van der Waals surface area contributed by atoms with E-state index in [9.17, 15) is 43.2 Å². The van der Waals surface area contributed by atoms with E-state index in [1.807, 2.05) is 0 Å². The summed E-state index contributed by atoms with van der Waals surface area (Å²) in [6, 6.07) is 0. The minimum atomic E-state index is -4.96. The highest BCUT2D eigenvalue weighted by Crippen LogP contribution is 2.45. The largest absolute Gasteiger partial charge is 0.472 e. The first kappa shape index (κ1) is 101. The molecule has 0 aromatic heterocycles. The lowest BCUT2D eigenvalue weighted by Gasteiger charge is -2.21. The van der Waals surface area contributed by atoms with Gasteiger partial charge in [0.1, 0.15) is 19.3 Å². The summed E-state index contributed by atoms with van der Waals surface area (Å²) in [6.07, 6.45) is 69.5. The molecule has 0 aliphatic heterocycles. The van der Waals surface area contributed by atoms with Gasteiger partial charge in [-0.05, 0) is 31.6 Å². The number of aliphatic hydroxyl groups is 1. The molecule has 3 N–H and O–H groups in total. The SMILES string of the molecule is CCCCCCCCCCCCCCCCCCCCCCCCC(=O)O[C@H](COC(=O)CCCCCCCCCCCCCCCCC)COP(=O)(O)OC[C@@H](O)COP(=O)(O)OC[C@@H](COC(=O)CCCCCCCCCCC(C)C)OC(=O)CCCCCCCCCCCCCCCCC. The van der Waals surface area contributed by atoms with E-state index in [2.05, 4.69) is 34.6 Å². The highest BCUT2D eigenvalue weighted by Gasteiger charge is 2.30. The fourth-order valence-electron chi connectivity index (χ4n) is 13.1. The highest BCUT2D eigenvalue weighted by atomic mass is 31.2. The third kappa shape index (κ3) is 78.0. The summed E-state index contributed by atoms with van der Waals surface area (Å²) < 4.78 is 68.8. The first-order valence-corrected chi connectivity index (χ1v) is 46.6. The van der Waals surface area contributed by atoms with E-state index in [4.69, 9.17) is 37.0 Å². The molecule has 5 atom stereocenters. The molecule has 0 aliphatic rings. The molecule has 0 amide bonds. The van der Waals surface area contributed by atoms with Crippen molar-refractivity contribution in [3.8, 4) is 0 Å². The number of hydrogen-bond acceptors (Lipinski definition) is 15. The maximum atomic E-state index is 13.1. The van der Waals surface area contributed by atoms with Gasteiger partial charge in [-0.25, -0.2) is 9.13 Å². The van der Waals surface area contributed by atoms with Gasteiger partial charge >= 0.3 is 39.5 Å². The molecule has 0 saturated carbocycles. The fraction of sp³-hybridized carbons (Fsp3) is 0.952. The number of rotatable bonds is 84. The Morgan fingerprint density at radius 1 is 0.262 bits per heavy atom. The van der Waals surface area contributed by atoms with Crippen LogP contribution in [0.2, 0.25) is 0 Å². The lowest BCUT2D eigenvalue weighted by Crippen LogP contribution is -2.30. The van der Waals surface area contributed by atoms with Gasteiger partial charge in [0.05, 0.1) is 26.4 Å². The fourth-order valence-corrected chi connectivity index (χ4v) is 14.7. The van der Waals surface area contributed by atoms with Gasteiger partial charge in [-0.3, -0.25) is 37.3 Å². The van der Waals surface area contributed by atoms with Gasteiger partial charge in [0, 0.05) is 25.7 Å². The van der Waals surface area contributed by atoms with Crippen molar-refractivity contribution in [1.82, 2.24) is 0 Å². The number of carbonyl (C=O) groups excluding carboxylic acids is 4. The van der Waals surface area contributed by atoms with Crippen LogP contribution in [0.15, 0.2) is 0 Å². The van der Waals surface area contributed by atoms with E-state index < -0.39 is 97.5 Å². The summed E-state index contributed by atoms with van der Waals surface area (Å²) in [4.78, 5) is 73.1. The maximum Gasteiger partial charge on any atom is 0.472 e. The Hall–Kier alpha value is -1.94. The number of phosphoric ester groups is 2. The number of ether oxygens (including phenoxy) is 4. The molecule has 0 spiro atoms. The number of phosphoric acid groups is 2. The van der Waals surface area contributed by atoms with Gasteiger partial charge < -0.3 is 33.8 Å². The van der Waals surface area contributed by atoms with Gasteiger partial charge in [0.15, 0.2) is 12.2 Å². The molecule has 0 aliphatic carbocycles. The Balaban J connectivity index is 5.22. The topological polar surface area (TPSA) is 237 Å². The van der Waals surface area contributed by atoms with Gasteiger partial charge in [-0.2, -0.15) is 0 Å². The Morgan fingerprint density at radius 3 is 0.660 bits per heavy atom. The van der Waals surface area contributed by atoms with E-state index >= 15 is 0 Å². The number of carbonyl (C=O) groups is 4. The van der Waals surface area contributed by atoms with E-state index in [0.717, 1.165) is 95.8 Å². The number of esters is 4. The average molecular weight is 1510 g/mol. The summed E-state index contributed by atoms with van der Waals surface area (Å²) in [5.74, 6) is -1.38. The van der Waals surface area contributed by atoms with Crippen LogP contribution in [0.4, 0.5) is 0 Å². The second-order valence-corrected chi connectivity index (χ2v) is 33.6. The number of unbranched alkanes of at least 4 members (excludes halogenated alkanes) is 56. The Kier molecular flexibility index (Phi) is 75.4. The molecular formula is C84H164O17P2. The van der Waals surface area contributed by atoms with Crippen molar-refractivity contribution in [1.29, 1.82) is 0 Å². The number of hydrogen-bond donors (Lipinski definition) is 3. The van der Waals surface area contributed by atoms with Crippen molar-refractivity contribution in [2.45, 2.75) is 470 Å². The zero-order chi connectivity index (χ0) is 75.5. The van der Waals surface area contributed by atoms with Crippen molar-refractivity contribution < 1.29 is 80.2 Å². The molecule has 0 saturated heterocycles. The van der Waals surface area contributed by atoms with Crippen molar-refractivity contribution in [3.05, 3.63) is 0 Å². The molecule has 0 heterocycles. The van der Waals surface area contributed by atoms with Crippen LogP contribution in [0.25, 0.3) is 0 Å². The first-order chi connectivity index (χ1) is 50.0. The lowest BCUT2D eigenvalue weighted by atomic mass is 10.0. The molecule has 0 rings (SSSR count). The zero-order valence-corrected chi connectivity index (χ0v) is 69.3. The van der Waals surface area contributed by atoms with E-state index in [0.29, 0.717) is 25.7 Å². The van der Waals surface area contributed by atoms with Crippen LogP contribution in [-0.4, -0.2) is 96.7 Å². The van der Waals surface area contributed by atoms with E-state index in [1.165, 1.54) is 276 Å². The van der Waals surface area contributed by atoms with Crippen LogP contribution < -0.4 is 0 Å². The second-order valence-electron chi connectivity index (χ2n) is 30.7. The quantitative estimate of drug-likeness (QED) is 0.0222. The molecule has 0 aromatic rings. The predicted octanol–water partition coefficient (Wildman–Crippen LogP) is 25.6. The van der Waals surface area contributed by atoms with Crippen molar-refractivity contribution >= 4 is 39.5 Å². The second kappa shape index (κ2) is 76.8. The molecule has 19 heteroatoms. The summed E-state index contributed by atoms with van der Waals surface area (Å²) in [5, 5.41) is 10.7. The third-order valence-corrected chi connectivity index (χ3v) is 21.7. The number of aliphatic hydroxyl groups excluding tert-OH is 1. The smallest absolute Gasteiger partial charge is 0.462 e. The predicted molar refractivity (Wildman–Crippen MR) is 423 cm³/mol.